The highest BCUT2D eigenvalue weighted by molar-refractivity contribution is 7.99. The maximum atomic E-state index is 9.19. The summed E-state index contributed by atoms with van der Waals surface area (Å²) in [6.07, 6.45) is 4.22. The molecule has 5 rings (SSSR count). The van der Waals surface area contributed by atoms with Crippen molar-refractivity contribution < 1.29 is 4.74 Å². The molecule has 2 aromatic heterocycles. The average molecular weight is 499 g/mol. The van der Waals surface area contributed by atoms with Crippen molar-refractivity contribution in [3.05, 3.63) is 71.5 Å². The van der Waals surface area contributed by atoms with Crippen molar-refractivity contribution in [2.24, 2.45) is 0 Å². The molecule has 0 amide bonds. The van der Waals surface area contributed by atoms with Crippen molar-refractivity contribution in [1.29, 1.82) is 5.26 Å². The van der Waals surface area contributed by atoms with Crippen LogP contribution in [0, 0.1) is 18.3 Å². The molecule has 0 radical (unpaired) electrons. The van der Waals surface area contributed by atoms with Crippen molar-refractivity contribution in [2.45, 2.75) is 29.8 Å². The molecule has 1 saturated heterocycles. The van der Waals surface area contributed by atoms with Crippen LogP contribution in [0.4, 0.5) is 5.69 Å². The van der Waals surface area contributed by atoms with Gasteiger partial charge in [0, 0.05) is 65.6 Å². The number of rotatable bonds is 8. The number of hydrogen-bond acceptors (Lipinski definition) is 7. The average Bonchev–Trinajstić information content (AvgIpc) is 3.31. The van der Waals surface area contributed by atoms with Crippen LogP contribution in [-0.4, -0.2) is 59.7 Å². The maximum Gasteiger partial charge on any atom is 0.217 e. The second kappa shape index (κ2) is 11.0. The standard InChI is InChI=1S/C28H30N6OS/c1-20-16-27(35-2)32-28(31-20)36-24-8-6-23(7-9-24)34-14-12-33(13-15-34)11-3-4-22-19-30-26-10-5-21(18-29)17-25(22)26/h5-10,16-17,19,30H,3-4,11-15H2,1-2H3. The minimum Gasteiger partial charge on any atom is -0.481 e. The lowest BCUT2D eigenvalue weighted by Gasteiger charge is -2.36. The van der Waals surface area contributed by atoms with Crippen molar-refractivity contribution in [1.82, 2.24) is 19.9 Å². The molecule has 0 unspecified atom stereocenters. The molecule has 184 valence electrons. The van der Waals surface area contributed by atoms with Crippen LogP contribution in [0.15, 0.2) is 64.8 Å². The largest absolute Gasteiger partial charge is 0.481 e. The zero-order valence-corrected chi connectivity index (χ0v) is 21.5. The van der Waals surface area contributed by atoms with Crippen LogP contribution >= 0.6 is 11.8 Å². The SMILES string of the molecule is COc1cc(C)nc(Sc2ccc(N3CCN(CCCc4c[nH]c5ccc(C#N)cc45)CC3)cc2)n1. The molecule has 3 heterocycles. The van der Waals surface area contributed by atoms with Crippen LogP contribution in [0.25, 0.3) is 10.9 Å². The number of nitrogens with one attached hydrogen (secondary N) is 1. The van der Waals surface area contributed by atoms with Gasteiger partial charge in [-0.3, -0.25) is 4.90 Å². The minimum atomic E-state index is 0.592. The number of methoxy groups -OCH3 is 1. The van der Waals surface area contributed by atoms with E-state index < -0.39 is 0 Å². The topological polar surface area (TPSA) is 81.1 Å². The number of nitrogens with zero attached hydrogens (tertiary/aromatic N) is 5. The third-order valence-electron chi connectivity index (χ3n) is 6.62. The molecule has 1 aliphatic heterocycles. The van der Waals surface area contributed by atoms with Gasteiger partial charge in [-0.1, -0.05) is 0 Å². The summed E-state index contributed by atoms with van der Waals surface area (Å²) in [6, 6.07) is 18.6. The summed E-state index contributed by atoms with van der Waals surface area (Å²) in [7, 11) is 1.63. The van der Waals surface area contributed by atoms with Gasteiger partial charge in [-0.25, -0.2) is 4.98 Å². The Balaban J connectivity index is 1.10. The Labute approximate surface area is 216 Å². The first-order chi connectivity index (χ1) is 17.6. The van der Waals surface area contributed by atoms with Gasteiger partial charge in [-0.05, 0) is 86.1 Å². The van der Waals surface area contributed by atoms with E-state index in [0.29, 0.717) is 11.0 Å². The Hall–Kier alpha value is -3.54. The van der Waals surface area contributed by atoms with E-state index in [1.54, 1.807) is 18.9 Å². The number of nitriles is 1. The van der Waals surface area contributed by atoms with E-state index in [1.807, 2.05) is 31.2 Å². The fourth-order valence-corrected chi connectivity index (χ4v) is 5.48. The van der Waals surface area contributed by atoms with Crippen molar-refractivity contribution in [2.75, 3.05) is 44.7 Å². The Morgan fingerprint density at radius 3 is 2.61 bits per heavy atom. The second-order valence-electron chi connectivity index (χ2n) is 9.05. The van der Waals surface area contributed by atoms with Gasteiger partial charge in [0.05, 0.1) is 18.7 Å². The van der Waals surface area contributed by atoms with Crippen molar-refractivity contribution in [3.8, 4) is 11.9 Å². The van der Waals surface area contributed by atoms with Crippen molar-refractivity contribution >= 4 is 28.4 Å². The lowest BCUT2D eigenvalue weighted by molar-refractivity contribution is 0.255. The predicted octanol–water partition coefficient (Wildman–Crippen LogP) is 5.05. The number of aromatic nitrogens is 3. The molecule has 0 atom stereocenters. The third kappa shape index (κ3) is 5.64. The molecule has 0 spiro atoms. The Morgan fingerprint density at radius 2 is 1.86 bits per heavy atom. The first kappa shape index (κ1) is 24.2. The number of piperazine rings is 1. The molecule has 0 saturated carbocycles. The van der Waals surface area contributed by atoms with Crippen molar-refractivity contribution in [3.63, 3.8) is 0 Å². The van der Waals surface area contributed by atoms with E-state index in [-0.39, 0.29) is 0 Å². The molecular weight excluding hydrogens is 468 g/mol. The quantitative estimate of drug-likeness (QED) is 0.340. The van der Waals surface area contributed by atoms with E-state index >= 15 is 0 Å². The number of fused-ring (bicyclic) bond motifs is 1. The smallest absolute Gasteiger partial charge is 0.217 e. The van der Waals surface area contributed by atoms with E-state index in [0.717, 1.165) is 67.2 Å². The normalized spacial score (nSPS) is 14.2. The lowest BCUT2D eigenvalue weighted by atomic mass is 10.1. The molecule has 1 fully saturated rings. The van der Waals surface area contributed by atoms with Gasteiger partial charge in [-0.2, -0.15) is 10.2 Å². The van der Waals surface area contributed by atoms with Gasteiger partial charge in [0.25, 0.3) is 0 Å². The summed E-state index contributed by atoms with van der Waals surface area (Å²) in [5, 5.41) is 11.1. The number of ether oxygens (including phenoxy) is 1. The summed E-state index contributed by atoms with van der Waals surface area (Å²) < 4.78 is 5.26. The first-order valence-electron chi connectivity index (χ1n) is 12.3. The molecule has 2 aromatic carbocycles. The zero-order valence-electron chi connectivity index (χ0n) is 20.7. The highest BCUT2D eigenvalue weighted by atomic mass is 32.2. The van der Waals surface area contributed by atoms with E-state index in [2.05, 4.69) is 61.3 Å². The predicted molar refractivity (Wildman–Crippen MR) is 144 cm³/mol. The summed E-state index contributed by atoms with van der Waals surface area (Å²) in [5.74, 6) is 0.592. The minimum absolute atomic E-state index is 0.592. The zero-order chi connectivity index (χ0) is 24.9. The summed E-state index contributed by atoms with van der Waals surface area (Å²) >= 11 is 1.55. The van der Waals surface area contributed by atoms with Crippen LogP contribution in [0.1, 0.15) is 23.2 Å². The highest BCUT2D eigenvalue weighted by Gasteiger charge is 2.17. The molecular formula is C28H30N6OS. The molecule has 0 bridgehead atoms. The van der Waals surface area contributed by atoms with Gasteiger partial charge in [0.15, 0.2) is 5.16 Å². The van der Waals surface area contributed by atoms with Crippen LogP contribution in [0.3, 0.4) is 0 Å². The Morgan fingerprint density at radius 1 is 1.06 bits per heavy atom. The maximum absolute atomic E-state index is 9.19. The van der Waals surface area contributed by atoms with Crippen LogP contribution in [-0.2, 0) is 6.42 Å². The lowest BCUT2D eigenvalue weighted by Crippen LogP contribution is -2.46. The summed E-state index contributed by atoms with van der Waals surface area (Å²) in [6.45, 7) is 7.24. The van der Waals surface area contributed by atoms with Crippen LogP contribution < -0.4 is 9.64 Å². The summed E-state index contributed by atoms with van der Waals surface area (Å²) in [5.41, 5.74) is 5.28. The molecule has 1 N–H and O–H groups in total. The fraction of sp³-hybridized carbons (Fsp3) is 0.321. The van der Waals surface area contributed by atoms with E-state index in [4.69, 9.17) is 4.74 Å². The molecule has 1 aliphatic rings. The molecule has 8 heteroatoms. The fourth-order valence-electron chi connectivity index (χ4n) is 4.67. The monoisotopic (exact) mass is 498 g/mol. The number of anilines is 1. The number of H-pyrrole nitrogens is 1. The number of aryl methyl sites for hydroxylation is 2. The van der Waals surface area contributed by atoms with E-state index in [1.165, 1.54) is 16.6 Å². The van der Waals surface area contributed by atoms with Gasteiger partial charge in [0.1, 0.15) is 0 Å². The first-order valence-corrected chi connectivity index (χ1v) is 13.1. The Bertz CT molecular complexity index is 1370. The third-order valence-corrected chi connectivity index (χ3v) is 7.49. The number of aromatic amines is 1. The highest BCUT2D eigenvalue weighted by Crippen LogP contribution is 2.29. The second-order valence-corrected chi connectivity index (χ2v) is 10.1. The molecule has 36 heavy (non-hydrogen) atoms. The Kier molecular flexibility index (Phi) is 7.40. The van der Waals surface area contributed by atoms with Gasteiger partial charge in [0.2, 0.25) is 5.88 Å². The molecule has 7 nitrogen and oxygen atoms in total. The van der Waals surface area contributed by atoms with Crippen LogP contribution in [0.2, 0.25) is 0 Å². The molecule has 0 aliphatic carbocycles. The number of benzene rings is 2. The van der Waals surface area contributed by atoms with Gasteiger partial charge in [-0.15, -0.1) is 0 Å². The molecule has 4 aromatic rings. The number of hydrogen-bond donors (Lipinski definition) is 1. The summed E-state index contributed by atoms with van der Waals surface area (Å²) in [4.78, 5) is 18.4. The van der Waals surface area contributed by atoms with Gasteiger partial charge >= 0.3 is 0 Å². The van der Waals surface area contributed by atoms with Crippen LogP contribution in [0.5, 0.6) is 5.88 Å². The van der Waals surface area contributed by atoms with E-state index in [9.17, 15) is 5.26 Å². The van der Waals surface area contributed by atoms with Gasteiger partial charge < -0.3 is 14.6 Å².